The molecule has 0 bridgehead atoms. The van der Waals surface area contributed by atoms with Gasteiger partial charge in [0.05, 0.1) is 26.5 Å². The second kappa shape index (κ2) is 7.69. The topological polar surface area (TPSA) is 80.6 Å². The molecule has 1 aromatic carbocycles. The summed E-state index contributed by atoms with van der Waals surface area (Å²) < 4.78 is 15.0. The first kappa shape index (κ1) is 15.4. The maximum absolute atomic E-state index is 11.5. The highest BCUT2D eigenvalue weighted by molar-refractivity contribution is 5.93. The lowest BCUT2D eigenvalue weighted by atomic mass is 10.2. The summed E-state index contributed by atoms with van der Waals surface area (Å²) in [6.45, 7) is 1.88. The molecular formula is C14H16N2O4. The lowest BCUT2D eigenvalue weighted by Crippen LogP contribution is -2.08. The first-order valence-corrected chi connectivity index (χ1v) is 5.92. The van der Waals surface area contributed by atoms with E-state index in [0.717, 1.165) is 0 Å². The Hall–Kier alpha value is -2.68. The average molecular weight is 276 g/mol. The van der Waals surface area contributed by atoms with Crippen molar-refractivity contribution in [3.05, 3.63) is 30.0 Å². The number of hydrogen-bond acceptors (Lipinski definition) is 6. The van der Waals surface area contributed by atoms with Crippen molar-refractivity contribution in [2.24, 2.45) is 0 Å². The van der Waals surface area contributed by atoms with E-state index in [1.165, 1.54) is 13.3 Å². The van der Waals surface area contributed by atoms with Crippen LogP contribution in [0.5, 0.6) is 11.5 Å². The van der Waals surface area contributed by atoms with Gasteiger partial charge in [-0.2, -0.15) is 5.26 Å². The van der Waals surface area contributed by atoms with E-state index in [4.69, 9.17) is 19.5 Å². The second-order valence-corrected chi connectivity index (χ2v) is 3.60. The van der Waals surface area contributed by atoms with Crippen LogP contribution in [0.3, 0.4) is 0 Å². The van der Waals surface area contributed by atoms with Gasteiger partial charge in [-0.3, -0.25) is 0 Å². The van der Waals surface area contributed by atoms with Gasteiger partial charge in [0.2, 0.25) is 0 Å². The molecule has 0 aliphatic carbocycles. The quantitative estimate of drug-likeness (QED) is 0.487. The Kier molecular flexibility index (Phi) is 5.91. The maximum atomic E-state index is 11.5. The van der Waals surface area contributed by atoms with Crippen molar-refractivity contribution in [2.75, 3.05) is 26.1 Å². The number of nitrogens with zero attached hydrogens (tertiary/aromatic N) is 1. The van der Waals surface area contributed by atoms with E-state index in [9.17, 15) is 4.79 Å². The fourth-order valence-corrected chi connectivity index (χ4v) is 1.42. The summed E-state index contributed by atoms with van der Waals surface area (Å²) in [5, 5.41) is 11.8. The first-order valence-electron chi connectivity index (χ1n) is 5.92. The molecule has 1 rings (SSSR count). The van der Waals surface area contributed by atoms with E-state index >= 15 is 0 Å². The predicted octanol–water partition coefficient (Wildman–Crippen LogP) is 2.09. The number of carbonyl (C=O) groups is 1. The third-order valence-electron chi connectivity index (χ3n) is 2.39. The molecule has 0 atom stereocenters. The van der Waals surface area contributed by atoms with E-state index in [2.05, 4.69) is 5.32 Å². The van der Waals surface area contributed by atoms with Crippen LogP contribution in [0.2, 0.25) is 0 Å². The maximum Gasteiger partial charge on any atom is 0.350 e. The van der Waals surface area contributed by atoms with Crippen molar-refractivity contribution in [3.63, 3.8) is 0 Å². The Labute approximate surface area is 117 Å². The Morgan fingerprint density at radius 3 is 2.70 bits per heavy atom. The summed E-state index contributed by atoms with van der Waals surface area (Å²) >= 11 is 0. The van der Waals surface area contributed by atoms with Crippen molar-refractivity contribution < 1.29 is 19.0 Å². The molecule has 0 saturated heterocycles. The predicted molar refractivity (Wildman–Crippen MR) is 73.5 cm³/mol. The van der Waals surface area contributed by atoms with E-state index in [0.29, 0.717) is 17.2 Å². The van der Waals surface area contributed by atoms with Gasteiger partial charge < -0.3 is 19.5 Å². The molecule has 0 radical (unpaired) electrons. The Morgan fingerprint density at radius 1 is 1.40 bits per heavy atom. The molecule has 20 heavy (non-hydrogen) atoms. The number of anilines is 1. The van der Waals surface area contributed by atoms with Gasteiger partial charge in [-0.1, -0.05) is 0 Å². The van der Waals surface area contributed by atoms with E-state index in [-0.39, 0.29) is 12.2 Å². The number of nitriles is 1. The molecule has 1 aromatic rings. The number of benzene rings is 1. The van der Waals surface area contributed by atoms with Crippen LogP contribution in [0.4, 0.5) is 5.69 Å². The molecule has 6 heteroatoms. The van der Waals surface area contributed by atoms with Crippen molar-refractivity contribution in [1.29, 1.82) is 5.26 Å². The Bertz CT molecular complexity index is 547. The summed E-state index contributed by atoms with van der Waals surface area (Å²) in [7, 11) is 3.06. The van der Waals surface area contributed by atoms with Gasteiger partial charge in [0.15, 0.2) is 5.57 Å². The fourth-order valence-electron chi connectivity index (χ4n) is 1.42. The van der Waals surface area contributed by atoms with Crippen molar-refractivity contribution in [1.82, 2.24) is 0 Å². The zero-order valence-corrected chi connectivity index (χ0v) is 11.6. The second-order valence-electron chi connectivity index (χ2n) is 3.60. The van der Waals surface area contributed by atoms with Gasteiger partial charge in [0, 0.05) is 12.3 Å². The van der Waals surface area contributed by atoms with Crippen molar-refractivity contribution in [3.8, 4) is 17.6 Å². The summed E-state index contributed by atoms with van der Waals surface area (Å²) in [6, 6.07) is 6.92. The van der Waals surface area contributed by atoms with Crippen LogP contribution in [0.1, 0.15) is 6.92 Å². The zero-order valence-electron chi connectivity index (χ0n) is 11.6. The van der Waals surface area contributed by atoms with E-state index < -0.39 is 5.97 Å². The zero-order chi connectivity index (χ0) is 15.0. The van der Waals surface area contributed by atoms with Gasteiger partial charge in [-0.05, 0) is 19.1 Å². The molecule has 0 spiro atoms. The van der Waals surface area contributed by atoms with Gasteiger partial charge >= 0.3 is 5.97 Å². The molecular weight excluding hydrogens is 260 g/mol. The molecule has 0 unspecified atom stereocenters. The minimum absolute atomic E-state index is 0.128. The summed E-state index contributed by atoms with van der Waals surface area (Å²) in [6.07, 6.45) is 1.27. The smallest absolute Gasteiger partial charge is 0.350 e. The summed E-state index contributed by atoms with van der Waals surface area (Å²) in [5.41, 5.74) is 0.445. The van der Waals surface area contributed by atoms with Gasteiger partial charge in [-0.15, -0.1) is 0 Å². The number of esters is 1. The Balaban J connectivity index is 2.97. The minimum Gasteiger partial charge on any atom is -0.497 e. The van der Waals surface area contributed by atoms with Crippen molar-refractivity contribution in [2.45, 2.75) is 6.92 Å². The molecule has 1 N–H and O–H groups in total. The highest BCUT2D eigenvalue weighted by Crippen LogP contribution is 2.28. The molecule has 0 heterocycles. The molecule has 0 saturated carbocycles. The SMILES string of the molecule is CCOC(=O)/C(C#N)=C\Nc1cc(OC)ccc1OC. The number of methoxy groups -OCH3 is 2. The standard InChI is InChI=1S/C14H16N2O4/c1-4-20-14(17)10(8-15)9-16-12-7-11(18-2)5-6-13(12)19-3/h5-7,9,16H,4H2,1-3H3/b10-9-. The largest absolute Gasteiger partial charge is 0.497 e. The number of rotatable bonds is 6. The first-order chi connectivity index (χ1) is 9.65. The highest BCUT2D eigenvalue weighted by atomic mass is 16.5. The number of carbonyl (C=O) groups excluding carboxylic acids is 1. The van der Waals surface area contributed by atoms with Crippen LogP contribution in [0.25, 0.3) is 0 Å². The molecule has 0 aromatic heterocycles. The third-order valence-corrected chi connectivity index (χ3v) is 2.39. The molecule has 0 aliphatic heterocycles. The van der Waals surface area contributed by atoms with Gasteiger partial charge in [-0.25, -0.2) is 4.79 Å². The molecule has 0 aliphatic rings. The Morgan fingerprint density at radius 2 is 2.15 bits per heavy atom. The third kappa shape index (κ3) is 3.92. The van der Waals surface area contributed by atoms with Crippen LogP contribution < -0.4 is 14.8 Å². The van der Waals surface area contributed by atoms with Gasteiger partial charge in [0.25, 0.3) is 0 Å². The monoisotopic (exact) mass is 276 g/mol. The lowest BCUT2D eigenvalue weighted by Gasteiger charge is -2.10. The van der Waals surface area contributed by atoms with Crippen LogP contribution in [-0.2, 0) is 9.53 Å². The summed E-state index contributed by atoms with van der Waals surface area (Å²) in [5.74, 6) is 0.504. The molecule has 6 nitrogen and oxygen atoms in total. The van der Waals surface area contributed by atoms with Crippen LogP contribution >= 0.6 is 0 Å². The van der Waals surface area contributed by atoms with Crippen LogP contribution in [0.15, 0.2) is 30.0 Å². The van der Waals surface area contributed by atoms with Gasteiger partial charge in [0.1, 0.15) is 17.6 Å². The normalized spacial score (nSPS) is 10.4. The number of ether oxygens (including phenoxy) is 3. The molecule has 0 fully saturated rings. The molecule has 0 amide bonds. The number of nitrogens with one attached hydrogen (secondary N) is 1. The lowest BCUT2D eigenvalue weighted by molar-refractivity contribution is -0.138. The van der Waals surface area contributed by atoms with E-state index in [1.807, 2.05) is 0 Å². The fraction of sp³-hybridized carbons (Fsp3) is 0.286. The minimum atomic E-state index is -0.677. The molecule has 106 valence electrons. The van der Waals surface area contributed by atoms with E-state index in [1.54, 1.807) is 38.3 Å². The summed E-state index contributed by atoms with van der Waals surface area (Å²) in [4.78, 5) is 11.5. The van der Waals surface area contributed by atoms with Crippen LogP contribution in [0, 0.1) is 11.3 Å². The number of hydrogen-bond donors (Lipinski definition) is 1. The average Bonchev–Trinajstić information content (AvgIpc) is 2.47. The highest BCUT2D eigenvalue weighted by Gasteiger charge is 2.10. The van der Waals surface area contributed by atoms with Crippen molar-refractivity contribution >= 4 is 11.7 Å². The van der Waals surface area contributed by atoms with Crippen LogP contribution in [-0.4, -0.2) is 26.8 Å².